The third-order valence-corrected chi connectivity index (χ3v) is 5.73. The molecule has 0 saturated carbocycles. The average Bonchev–Trinajstić information content (AvgIpc) is 2.27. The number of benzene rings is 1. The summed E-state index contributed by atoms with van der Waals surface area (Å²) in [6, 6.07) is 5.56. The number of sulfone groups is 1. The van der Waals surface area contributed by atoms with Crippen LogP contribution in [-0.4, -0.2) is 19.9 Å². The van der Waals surface area contributed by atoms with Crippen LogP contribution in [0.5, 0.6) is 0 Å². The Kier molecular flexibility index (Phi) is 5.86. The SMILES string of the molecule is CCS(=O)(=O)CCCC(C)(N)c1ccc(Br)cc1Cl. The normalized spacial score (nSPS) is 15.2. The molecule has 6 heteroatoms. The van der Waals surface area contributed by atoms with Crippen molar-refractivity contribution in [3.8, 4) is 0 Å². The molecule has 19 heavy (non-hydrogen) atoms. The van der Waals surface area contributed by atoms with Crippen molar-refractivity contribution in [2.45, 2.75) is 32.2 Å². The summed E-state index contributed by atoms with van der Waals surface area (Å²) in [6.45, 7) is 3.53. The van der Waals surface area contributed by atoms with Gasteiger partial charge in [-0.1, -0.05) is 40.5 Å². The van der Waals surface area contributed by atoms with E-state index < -0.39 is 15.4 Å². The van der Waals surface area contributed by atoms with Crippen molar-refractivity contribution in [3.05, 3.63) is 33.3 Å². The maximum absolute atomic E-state index is 11.5. The van der Waals surface area contributed by atoms with E-state index in [0.29, 0.717) is 17.9 Å². The van der Waals surface area contributed by atoms with E-state index >= 15 is 0 Å². The smallest absolute Gasteiger partial charge is 0.150 e. The molecule has 1 unspecified atom stereocenters. The van der Waals surface area contributed by atoms with Gasteiger partial charge in [0.25, 0.3) is 0 Å². The Bertz CT molecular complexity index is 544. The molecule has 2 N–H and O–H groups in total. The highest BCUT2D eigenvalue weighted by atomic mass is 79.9. The Morgan fingerprint density at radius 3 is 2.58 bits per heavy atom. The minimum Gasteiger partial charge on any atom is -0.322 e. The lowest BCUT2D eigenvalue weighted by Crippen LogP contribution is -2.34. The molecule has 0 amide bonds. The first-order chi connectivity index (χ1) is 8.68. The van der Waals surface area contributed by atoms with Crippen molar-refractivity contribution < 1.29 is 8.42 Å². The second-order valence-corrected chi connectivity index (χ2v) is 8.68. The largest absolute Gasteiger partial charge is 0.322 e. The van der Waals surface area contributed by atoms with Crippen LogP contribution in [0.3, 0.4) is 0 Å². The summed E-state index contributed by atoms with van der Waals surface area (Å²) in [5, 5.41) is 0.595. The van der Waals surface area contributed by atoms with E-state index in [9.17, 15) is 8.42 Å². The van der Waals surface area contributed by atoms with Gasteiger partial charge in [-0.3, -0.25) is 0 Å². The Labute approximate surface area is 128 Å². The zero-order valence-corrected chi connectivity index (χ0v) is 14.3. The highest BCUT2D eigenvalue weighted by Crippen LogP contribution is 2.31. The molecule has 1 aromatic carbocycles. The fourth-order valence-electron chi connectivity index (χ4n) is 1.89. The molecule has 0 heterocycles. The van der Waals surface area contributed by atoms with Crippen molar-refractivity contribution in [3.63, 3.8) is 0 Å². The van der Waals surface area contributed by atoms with E-state index in [2.05, 4.69) is 15.9 Å². The van der Waals surface area contributed by atoms with Crippen LogP contribution in [0, 0.1) is 0 Å². The van der Waals surface area contributed by atoms with Crippen LogP contribution in [0.4, 0.5) is 0 Å². The number of hydrogen-bond acceptors (Lipinski definition) is 3. The zero-order valence-electron chi connectivity index (χ0n) is 11.1. The van der Waals surface area contributed by atoms with Crippen molar-refractivity contribution in [1.29, 1.82) is 0 Å². The number of halogens is 2. The van der Waals surface area contributed by atoms with Gasteiger partial charge in [-0.25, -0.2) is 8.42 Å². The first-order valence-electron chi connectivity index (χ1n) is 6.13. The number of nitrogens with two attached hydrogens (primary N) is 1. The van der Waals surface area contributed by atoms with Crippen LogP contribution in [-0.2, 0) is 15.4 Å². The molecule has 1 atom stereocenters. The predicted octanol–water partition coefficient (Wildman–Crippen LogP) is 3.49. The third kappa shape index (κ3) is 5.06. The molecule has 0 spiro atoms. The Morgan fingerprint density at radius 1 is 1.42 bits per heavy atom. The molecular formula is C13H19BrClNO2S. The summed E-state index contributed by atoms with van der Waals surface area (Å²) >= 11 is 9.53. The average molecular weight is 369 g/mol. The van der Waals surface area contributed by atoms with Crippen molar-refractivity contribution in [1.82, 2.24) is 0 Å². The van der Waals surface area contributed by atoms with Gasteiger partial charge in [0.15, 0.2) is 0 Å². The molecule has 0 saturated heterocycles. The second-order valence-electron chi connectivity index (χ2n) is 4.88. The van der Waals surface area contributed by atoms with Crippen LogP contribution < -0.4 is 5.73 Å². The minimum absolute atomic E-state index is 0.171. The highest BCUT2D eigenvalue weighted by Gasteiger charge is 2.24. The van der Waals surface area contributed by atoms with Crippen LogP contribution in [0.2, 0.25) is 5.02 Å². The minimum atomic E-state index is -2.94. The molecule has 0 bridgehead atoms. The predicted molar refractivity (Wildman–Crippen MR) is 84.3 cm³/mol. The van der Waals surface area contributed by atoms with Gasteiger partial charge in [-0.2, -0.15) is 0 Å². The maximum atomic E-state index is 11.5. The number of rotatable bonds is 6. The molecule has 108 valence electrons. The van der Waals surface area contributed by atoms with Gasteiger partial charge < -0.3 is 5.73 Å². The molecule has 3 nitrogen and oxygen atoms in total. The third-order valence-electron chi connectivity index (χ3n) is 3.14. The summed E-state index contributed by atoms with van der Waals surface area (Å²) < 4.78 is 23.8. The topological polar surface area (TPSA) is 60.2 Å². The van der Waals surface area contributed by atoms with E-state index in [0.717, 1.165) is 10.0 Å². The monoisotopic (exact) mass is 367 g/mol. The van der Waals surface area contributed by atoms with Crippen molar-refractivity contribution in [2.75, 3.05) is 11.5 Å². The molecule has 0 aliphatic carbocycles. The summed E-state index contributed by atoms with van der Waals surface area (Å²) in [5.41, 5.74) is 6.48. The standard InChI is InChI=1S/C13H19BrClNO2S/c1-3-19(17,18)8-4-7-13(2,16)11-6-5-10(14)9-12(11)15/h5-6,9H,3-4,7-8,16H2,1-2H3. The number of hydrogen-bond donors (Lipinski definition) is 1. The first-order valence-corrected chi connectivity index (χ1v) is 9.12. The lowest BCUT2D eigenvalue weighted by Gasteiger charge is -2.26. The molecule has 0 fully saturated rings. The first kappa shape index (κ1) is 17.0. The summed E-state index contributed by atoms with van der Waals surface area (Å²) in [7, 11) is -2.94. The Morgan fingerprint density at radius 2 is 2.05 bits per heavy atom. The Hall–Kier alpha value is -0.100. The van der Waals surface area contributed by atoms with Crippen LogP contribution in [0.25, 0.3) is 0 Å². The van der Waals surface area contributed by atoms with Gasteiger partial charge in [0, 0.05) is 20.8 Å². The van der Waals surface area contributed by atoms with E-state index in [1.54, 1.807) is 13.0 Å². The lowest BCUT2D eigenvalue weighted by atomic mass is 9.89. The van der Waals surface area contributed by atoms with E-state index in [-0.39, 0.29) is 11.5 Å². The molecule has 0 aliphatic heterocycles. The second kappa shape index (κ2) is 6.57. The van der Waals surface area contributed by atoms with Gasteiger partial charge >= 0.3 is 0 Å². The molecule has 0 aromatic heterocycles. The van der Waals surface area contributed by atoms with E-state index in [1.807, 2.05) is 19.1 Å². The summed E-state index contributed by atoms with van der Waals surface area (Å²) in [5.74, 6) is 0.345. The zero-order chi connectivity index (χ0) is 14.7. The molecular weight excluding hydrogens is 350 g/mol. The fraction of sp³-hybridized carbons (Fsp3) is 0.538. The lowest BCUT2D eigenvalue weighted by molar-refractivity contribution is 0.446. The van der Waals surface area contributed by atoms with Gasteiger partial charge in [0.1, 0.15) is 9.84 Å². The van der Waals surface area contributed by atoms with E-state index in [4.69, 9.17) is 17.3 Å². The van der Waals surface area contributed by atoms with E-state index in [1.165, 1.54) is 0 Å². The van der Waals surface area contributed by atoms with Crippen LogP contribution in [0.1, 0.15) is 32.3 Å². The maximum Gasteiger partial charge on any atom is 0.150 e. The van der Waals surface area contributed by atoms with Crippen LogP contribution in [0.15, 0.2) is 22.7 Å². The van der Waals surface area contributed by atoms with Crippen molar-refractivity contribution in [2.24, 2.45) is 5.73 Å². The van der Waals surface area contributed by atoms with Gasteiger partial charge in [-0.05, 0) is 37.5 Å². The van der Waals surface area contributed by atoms with Gasteiger partial charge in [0.2, 0.25) is 0 Å². The summed E-state index contributed by atoms with van der Waals surface area (Å²) in [4.78, 5) is 0. The highest BCUT2D eigenvalue weighted by molar-refractivity contribution is 9.10. The molecule has 0 aliphatic rings. The fourth-order valence-corrected chi connectivity index (χ4v) is 3.65. The van der Waals surface area contributed by atoms with Gasteiger partial charge in [0.05, 0.1) is 5.75 Å². The van der Waals surface area contributed by atoms with Gasteiger partial charge in [-0.15, -0.1) is 0 Å². The molecule has 0 radical (unpaired) electrons. The molecule has 1 aromatic rings. The molecule has 1 rings (SSSR count). The summed E-state index contributed by atoms with van der Waals surface area (Å²) in [6.07, 6.45) is 1.11. The van der Waals surface area contributed by atoms with Crippen molar-refractivity contribution >= 4 is 37.4 Å². The van der Waals surface area contributed by atoms with Crippen LogP contribution >= 0.6 is 27.5 Å². The quantitative estimate of drug-likeness (QED) is 0.836. The Balaban J connectivity index is 2.76.